The number of aromatic carboxylic acids is 1. The number of anilines is 2. The number of alkyl halides is 3. The summed E-state index contributed by atoms with van der Waals surface area (Å²) in [5.74, 6) is -0.0554. The molecule has 2 N–H and O–H groups in total. The molecule has 5 rings (SSSR count). The minimum Gasteiger partial charge on any atom is -0.478 e. The topological polar surface area (TPSA) is 83.3 Å². The molecule has 3 aromatic heterocycles. The molecule has 2 bridgehead atoms. The largest absolute Gasteiger partial charge is 0.478 e. The average molecular weight is 534 g/mol. The van der Waals surface area contributed by atoms with E-state index in [4.69, 9.17) is 5.10 Å². The minimum absolute atomic E-state index is 0.000563. The van der Waals surface area contributed by atoms with Gasteiger partial charge in [-0.05, 0) is 55.5 Å². The van der Waals surface area contributed by atoms with Crippen LogP contribution in [0.15, 0.2) is 35.8 Å². The van der Waals surface area contributed by atoms with Gasteiger partial charge in [-0.3, -0.25) is 9.58 Å². The molecule has 37 heavy (non-hydrogen) atoms. The number of thiophene rings is 1. The lowest BCUT2D eigenvalue weighted by atomic mass is 9.96. The van der Waals surface area contributed by atoms with Gasteiger partial charge in [-0.1, -0.05) is 19.9 Å². The highest BCUT2D eigenvalue weighted by atomic mass is 32.1. The highest BCUT2D eigenvalue weighted by molar-refractivity contribution is 7.13. The first-order valence-corrected chi connectivity index (χ1v) is 13.4. The van der Waals surface area contributed by atoms with Crippen molar-refractivity contribution in [2.24, 2.45) is 5.92 Å². The van der Waals surface area contributed by atoms with Gasteiger partial charge in [0.15, 0.2) is 5.82 Å². The molecule has 2 saturated heterocycles. The number of pyridine rings is 1. The molecular weight excluding hydrogens is 503 g/mol. The first-order valence-electron chi connectivity index (χ1n) is 12.5. The van der Waals surface area contributed by atoms with Gasteiger partial charge in [0.2, 0.25) is 0 Å². The number of carbonyl (C=O) groups is 1. The molecule has 7 nitrogen and oxygen atoms in total. The molecule has 1 unspecified atom stereocenters. The maximum absolute atomic E-state index is 13.1. The van der Waals surface area contributed by atoms with Crippen molar-refractivity contribution in [3.63, 3.8) is 0 Å². The molecule has 2 aliphatic heterocycles. The van der Waals surface area contributed by atoms with E-state index in [9.17, 15) is 23.1 Å². The zero-order chi connectivity index (χ0) is 26.3. The monoisotopic (exact) mass is 533 g/mol. The van der Waals surface area contributed by atoms with Crippen LogP contribution in [-0.2, 0) is 6.42 Å². The zero-order valence-electron chi connectivity index (χ0n) is 20.7. The van der Waals surface area contributed by atoms with Gasteiger partial charge in [-0.25, -0.2) is 9.78 Å². The number of halogens is 3. The van der Waals surface area contributed by atoms with E-state index in [0.29, 0.717) is 24.6 Å². The van der Waals surface area contributed by atoms with Crippen molar-refractivity contribution in [3.05, 3.63) is 47.1 Å². The fourth-order valence-electron chi connectivity index (χ4n) is 5.72. The van der Waals surface area contributed by atoms with Gasteiger partial charge in [-0.2, -0.15) is 18.3 Å². The van der Waals surface area contributed by atoms with Crippen molar-refractivity contribution in [2.75, 3.05) is 11.9 Å². The van der Waals surface area contributed by atoms with E-state index >= 15 is 0 Å². The van der Waals surface area contributed by atoms with E-state index in [-0.39, 0.29) is 29.5 Å². The van der Waals surface area contributed by atoms with E-state index in [2.05, 4.69) is 24.1 Å². The second-order valence-electron chi connectivity index (χ2n) is 10.4. The number of piperidine rings is 1. The summed E-state index contributed by atoms with van der Waals surface area (Å²) in [4.78, 5) is 19.0. The van der Waals surface area contributed by atoms with Gasteiger partial charge in [0.1, 0.15) is 11.4 Å². The lowest BCUT2D eigenvalue weighted by Crippen LogP contribution is -2.47. The van der Waals surface area contributed by atoms with E-state index in [0.717, 1.165) is 35.4 Å². The smallest absolute Gasteiger partial charge is 0.401 e. The number of nitrogens with zero attached hydrogens (tertiary/aromatic N) is 4. The van der Waals surface area contributed by atoms with Crippen LogP contribution in [0.2, 0.25) is 0 Å². The Morgan fingerprint density at radius 1 is 1.22 bits per heavy atom. The number of hydrogen-bond donors (Lipinski definition) is 2. The molecular formula is C26H30F3N5O2S. The van der Waals surface area contributed by atoms with E-state index in [1.165, 1.54) is 11.3 Å². The molecule has 0 spiro atoms. The number of aromatic nitrogens is 3. The molecule has 0 amide bonds. The lowest BCUT2D eigenvalue weighted by molar-refractivity contribution is -0.156. The van der Waals surface area contributed by atoms with Gasteiger partial charge >= 0.3 is 12.1 Å². The van der Waals surface area contributed by atoms with Crippen molar-refractivity contribution < 1.29 is 23.1 Å². The van der Waals surface area contributed by atoms with Crippen molar-refractivity contribution >= 4 is 28.9 Å². The van der Waals surface area contributed by atoms with E-state index in [1.54, 1.807) is 17.2 Å². The summed E-state index contributed by atoms with van der Waals surface area (Å²) in [5.41, 5.74) is 1.76. The van der Waals surface area contributed by atoms with Crippen molar-refractivity contribution in [1.82, 2.24) is 19.7 Å². The molecule has 0 saturated carbocycles. The first-order chi connectivity index (χ1) is 17.6. The summed E-state index contributed by atoms with van der Waals surface area (Å²) in [7, 11) is 0. The number of carboxylic acid groups (broad SMARTS) is 1. The molecule has 5 heterocycles. The van der Waals surface area contributed by atoms with Crippen molar-refractivity contribution in [2.45, 2.75) is 70.3 Å². The van der Waals surface area contributed by atoms with Crippen LogP contribution < -0.4 is 5.32 Å². The summed E-state index contributed by atoms with van der Waals surface area (Å²) in [5, 5.41) is 19.6. The third-order valence-corrected chi connectivity index (χ3v) is 8.09. The maximum atomic E-state index is 13.1. The summed E-state index contributed by atoms with van der Waals surface area (Å²) < 4.78 is 41.4. The maximum Gasteiger partial charge on any atom is 0.401 e. The van der Waals surface area contributed by atoms with E-state index in [1.807, 2.05) is 28.3 Å². The van der Waals surface area contributed by atoms with Crippen LogP contribution in [0.5, 0.6) is 0 Å². The Morgan fingerprint density at radius 2 is 1.95 bits per heavy atom. The zero-order valence-corrected chi connectivity index (χ0v) is 21.5. The number of carboxylic acids is 1. The molecule has 11 heteroatoms. The second-order valence-corrected chi connectivity index (χ2v) is 11.3. The molecule has 0 aliphatic carbocycles. The normalized spacial score (nSPS) is 22.1. The quantitative estimate of drug-likeness (QED) is 0.350. The van der Waals surface area contributed by atoms with Gasteiger partial charge < -0.3 is 10.4 Å². The van der Waals surface area contributed by atoms with Crippen LogP contribution in [-0.4, -0.2) is 55.5 Å². The summed E-state index contributed by atoms with van der Waals surface area (Å²) in [6.07, 6.45) is 0.967. The van der Waals surface area contributed by atoms with Crippen LogP contribution >= 0.6 is 11.3 Å². The molecule has 198 valence electrons. The van der Waals surface area contributed by atoms with Crippen LogP contribution in [0, 0.1) is 5.92 Å². The highest BCUT2D eigenvalue weighted by Crippen LogP contribution is 2.43. The Hall–Kier alpha value is -2.92. The summed E-state index contributed by atoms with van der Waals surface area (Å²) in [6.45, 7) is 3.35. The Kier molecular flexibility index (Phi) is 7.01. The average Bonchev–Trinajstić information content (AvgIpc) is 3.52. The summed E-state index contributed by atoms with van der Waals surface area (Å²) in [6, 6.07) is 7.10. The number of nitrogens with one attached hydrogen (secondary N) is 1. The molecule has 3 aromatic rings. The highest BCUT2D eigenvalue weighted by Gasteiger charge is 2.46. The van der Waals surface area contributed by atoms with Crippen LogP contribution in [0.4, 0.5) is 24.8 Å². The third kappa shape index (κ3) is 5.67. The van der Waals surface area contributed by atoms with Crippen LogP contribution in [0.1, 0.15) is 61.6 Å². The molecule has 2 fully saturated rings. The molecule has 0 aromatic carbocycles. The minimum atomic E-state index is -4.20. The number of fused-ring (bicyclic) bond motifs is 2. The number of hydrogen-bond acceptors (Lipinski definition) is 6. The van der Waals surface area contributed by atoms with Gasteiger partial charge in [0, 0.05) is 40.5 Å². The third-order valence-electron chi connectivity index (χ3n) is 7.17. The van der Waals surface area contributed by atoms with Crippen molar-refractivity contribution in [3.8, 4) is 10.4 Å². The Labute approximate surface area is 217 Å². The molecule has 0 radical (unpaired) electrons. The van der Waals surface area contributed by atoms with Crippen molar-refractivity contribution in [1.29, 1.82) is 0 Å². The number of rotatable bonds is 8. The Balaban J connectivity index is 1.41. The summed E-state index contributed by atoms with van der Waals surface area (Å²) >= 11 is 1.51. The second kappa shape index (κ2) is 10.1. The first kappa shape index (κ1) is 25.7. The Morgan fingerprint density at radius 3 is 2.54 bits per heavy atom. The van der Waals surface area contributed by atoms with Crippen LogP contribution in [0.3, 0.4) is 0 Å². The van der Waals surface area contributed by atoms with Crippen LogP contribution in [0.25, 0.3) is 10.4 Å². The standard InChI is InChI=1S/C26H30F3N5O2S/c1-15(2)8-19-12-23(31-24-21(25(35)36)9-16(13-30-24)22-4-3-7-37-22)32-34(19)20-10-17-5-6-18(11-20)33(17)14-26(27,28)29/h3-4,7,9,12-13,15,17-18,20H,5-6,8,10-11,14H2,1-2H3,(H,35,36)(H,30,31,32)/t17-,18+,20?. The SMILES string of the molecule is CC(C)Cc1cc(Nc2ncc(-c3cccs3)cc2C(=O)O)nn1C1C[C@H]2CC[C@@H](C1)N2CC(F)(F)F. The van der Waals surface area contributed by atoms with Gasteiger partial charge in [0.25, 0.3) is 0 Å². The molecule has 2 aliphatic rings. The van der Waals surface area contributed by atoms with Gasteiger partial charge in [0.05, 0.1) is 12.6 Å². The fraction of sp³-hybridized carbons (Fsp3) is 0.500. The predicted molar refractivity (Wildman–Crippen MR) is 136 cm³/mol. The lowest BCUT2D eigenvalue weighted by Gasteiger charge is -2.39. The fourth-order valence-corrected chi connectivity index (χ4v) is 6.43. The van der Waals surface area contributed by atoms with E-state index < -0.39 is 18.7 Å². The molecule has 3 atom stereocenters. The van der Waals surface area contributed by atoms with Gasteiger partial charge in [-0.15, -0.1) is 11.3 Å². The predicted octanol–water partition coefficient (Wildman–Crippen LogP) is 6.38. The Bertz CT molecular complexity index is 1240.